The highest BCUT2D eigenvalue weighted by Crippen LogP contribution is 2.17. The number of morpholine rings is 1. The standard InChI is InChI=1S/C17H34N4O/c1-4-18-17(20-15-7-5-6-8-15)19-13-16(14(2)3)21-9-11-22-12-10-21/h14-16H,4-13H2,1-3H3,(H2,18,19,20). The van der Waals surface area contributed by atoms with Gasteiger partial charge in [-0.15, -0.1) is 0 Å². The van der Waals surface area contributed by atoms with Crippen molar-refractivity contribution in [2.75, 3.05) is 39.4 Å². The summed E-state index contributed by atoms with van der Waals surface area (Å²) in [5.41, 5.74) is 0. The third-order valence-electron chi connectivity index (χ3n) is 4.76. The molecule has 128 valence electrons. The molecule has 1 aliphatic heterocycles. The minimum atomic E-state index is 0.503. The van der Waals surface area contributed by atoms with Crippen LogP contribution in [0.1, 0.15) is 46.5 Å². The molecule has 5 nitrogen and oxygen atoms in total. The molecule has 2 aliphatic rings. The molecule has 2 N–H and O–H groups in total. The smallest absolute Gasteiger partial charge is 0.191 e. The van der Waals surface area contributed by atoms with Gasteiger partial charge in [-0.05, 0) is 25.7 Å². The maximum absolute atomic E-state index is 5.48. The van der Waals surface area contributed by atoms with Crippen molar-refractivity contribution < 1.29 is 4.74 Å². The molecule has 0 amide bonds. The Bertz CT molecular complexity index is 334. The van der Waals surface area contributed by atoms with E-state index in [0.717, 1.165) is 45.4 Å². The van der Waals surface area contributed by atoms with E-state index >= 15 is 0 Å². The van der Waals surface area contributed by atoms with E-state index in [-0.39, 0.29) is 0 Å². The number of aliphatic imine (C=N–C) groups is 1. The van der Waals surface area contributed by atoms with Gasteiger partial charge in [-0.25, -0.2) is 0 Å². The molecule has 2 fully saturated rings. The molecule has 0 aromatic carbocycles. The molecular weight excluding hydrogens is 276 g/mol. The molecule has 5 heteroatoms. The predicted octanol–water partition coefficient (Wildman–Crippen LogP) is 1.84. The van der Waals surface area contributed by atoms with Crippen LogP contribution in [-0.4, -0.2) is 62.3 Å². The summed E-state index contributed by atoms with van der Waals surface area (Å²) in [6, 6.07) is 1.11. The summed E-state index contributed by atoms with van der Waals surface area (Å²) in [7, 11) is 0. The van der Waals surface area contributed by atoms with E-state index in [1.807, 2.05) is 0 Å². The third-order valence-corrected chi connectivity index (χ3v) is 4.76. The normalized spacial score (nSPS) is 23.0. The molecule has 22 heavy (non-hydrogen) atoms. The van der Waals surface area contributed by atoms with Gasteiger partial charge in [0.15, 0.2) is 5.96 Å². The quantitative estimate of drug-likeness (QED) is 0.580. The van der Waals surface area contributed by atoms with E-state index in [4.69, 9.17) is 9.73 Å². The van der Waals surface area contributed by atoms with Gasteiger partial charge in [0.1, 0.15) is 0 Å². The molecular formula is C17H34N4O. The Kier molecular flexibility index (Phi) is 7.46. The number of rotatable bonds is 6. The Hall–Kier alpha value is -0.810. The van der Waals surface area contributed by atoms with Gasteiger partial charge < -0.3 is 15.4 Å². The van der Waals surface area contributed by atoms with Crippen molar-refractivity contribution in [3.63, 3.8) is 0 Å². The Morgan fingerprint density at radius 2 is 1.91 bits per heavy atom. The monoisotopic (exact) mass is 310 g/mol. The molecule has 1 saturated carbocycles. The SMILES string of the molecule is CCNC(=NCC(C(C)C)N1CCOCC1)NC1CCCC1. The second-order valence-electron chi connectivity index (χ2n) is 6.81. The van der Waals surface area contributed by atoms with Crippen LogP contribution in [0.2, 0.25) is 0 Å². The Labute approximate surface area is 135 Å². The van der Waals surface area contributed by atoms with Gasteiger partial charge in [0.25, 0.3) is 0 Å². The van der Waals surface area contributed by atoms with Gasteiger partial charge in [-0.3, -0.25) is 9.89 Å². The molecule has 0 aromatic rings. The minimum absolute atomic E-state index is 0.503. The predicted molar refractivity (Wildman–Crippen MR) is 92.4 cm³/mol. The molecule has 0 spiro atoms. The van der Waals surface area contributed by atoms with E-state index < -0.39 is 0 Å². The first kappa shape index (κ1) is 17.5. The van der Waals surface area contributed by atoms with Crippen LogP contribution in [-0.2, 0) is 4.74 Å². The number of nitrogens with one attached hydrogen (secondary N) is 2. The lowest BCUT2D eigenvalue weighted by Gasteiger charge is -2.36. The Morgan fingerprint density at radius 3 is 2.50 bits per heavy atom. The lowest BCUT2D eigenvalue weighted by Crippen LogP contribution is -2.48. The molecule has 0 aromatic heterocycles. The summed E-state index contributed by atoms with van der Waals surface area (Å²) >= 11 is 0. The van der Waals surface area contributed by atoms with Crippen LogP contribution in [0.3, 0.4) is 0 Å². The largest absolute Gasteiger partial charge is 0.379 e. The molecule has 1 aliphatic carbocycles. The van der Waals surface area contributed by atoms with E-state index in [0.29, 0.717) is 18.0 Å². The zero-order valence-corrected chi connectivity index (χ0v) is 14.6. The van der Waals surface area contributed by atoms with Gasteiger partial charge in [-0.2, -0.15) is 0 Å². The Balaban J connectivity index is 1.92. The lowest BCUT2D eigenvalue weighted by molar-refractivity contribution is 0.00867. The summed E-state index contributed by atoms with van der Waals surface area (Å²) in [6.45, 7) is 12.3. The molecule has 1 atom stereocenters. The Morgan fingerprint density at radius 1 is 1.23 bits per heavy atom. The highest BCUT2D eigenvalue weighted by molar-refractivity contribution is 5.80. The summed E-state index contributed by atoms with van der Waals surface area (Å²) in [4.78, 5) is 7.42. The first-order valence-electron chi connectivity index (χ1n) is 9.07. The minimum Gasteiger partial charge on any atom is -0.379 e. The van der Waals surface area contributed by atoms with Crippen molar-refractivity contribution in [1.82, 2.24) is 15.5 Å². The van der Waals surface area contributed by atoms with Crippen molar-refractivity contribution in [2.24, 2.45) is 10.9 Å². The fraction of sp³-hybridized carbons (Fsp3) is 0.941. The van der Waals surface area contributed by atoms with Crippen molar-refractivity contribution in [3.05, 3.63) is 0 Å². The second-order valence-corrected chi connectivity index (χ2v) is 6.81. The van der Waals surface area contributed by atoms with Gasteiger partial charge in [0.2, 0.25) is 0 Å². The highest BCUT2D eigenvalue weighted by Gasteiger charge is 2.24. The summed E-state index contributed by atoms with van der Waals surface area (Å²) in [5, 5.41) is 7.01. The van der Waals surface area contributed by atoms with Crippen molar-refractivity contribution >= 4 is 5.96 Å². The van der Waals surface area contributed by atoms with Crippen LogP contribution < -0.4 is 10.6 Å². The van der Waals surface area contributed by atoms with Crippen molar-refractivity contribution in [3.8, 4) is 0 Å². The number of hydrogen-bond donors (Lipinski definition) is 2. The number of guanidine groups is 1. The highest BCUT2D eigenvalue weighted by atomic mass is 16.5. The van der Waals surface area contributed by atoms with Gasteiger partial charge >= 0.3 is 0 Å². The van der Waals surface area contributed by atoms with Gasteiger partial charge in [0, 0.05) is 31.7 Å². The average molecular weight is 310 g/mol. The third kappa shape index (κ3) is 5.43. The number of nitrogens with zero attached hydrogens (tertiary/aromatic N) is 2. The molecule has 2 rings (SSSR count). The summed E-state index contributed by atoms with van der Waals surface area (Å²) in [5.74, 6) is 1.60. The van der Waals surface area contributed by atoms with E-state index in [1.165, 1.54) is 25.7 Å². The van der Waals surface area contributed by atoms with Crippen LogP contribution in [0.4, 0.5) is 0 Å². The van der Waals surface area contributed by atoms with Gasteiger partial charge in [-0.1, -0.05) is 26.7 Å². The number of ether oxygens (including phenoxy) is 1. The molecule has 1 unspecified atom stereocenters. The summed E-state index contributed by atoms with van der Waals surface area (Å²) < 4.78 is 5.48. The molecule has 1 saturated heterocycles. The zero-order valence-electron chi connectivity index (χ0n) is 14.6. The van der Waals surface area contributed by atoms with E-state index in [9.17, 15) is 0 Å². The van der Waals surface area contributed by atoms with Crippen LogP contribution in [0.15, 0.2) is 4.99 Å². The van der Waals surface area contributed by atoms with Crippen molar-refractivity contribution in [2.45, 2.75) is 58.5 Å². The topological polar surface area (TPSA) is 48.9 Å². The fourth-order valence-corrected chi connectivity index (χ4v) is 3.43. The second kappa shape index (κ2) is 9.36. The van der Waals surface area contributed by atoms with Crippen molar-refractivity contribution in [1.29, 1.82) is 0 Å². The maximum atomic E-state index is 5.48. The van der Waals surface area contributed by atoms with E-state index in [2.05, 4.69) is 36.3 Å². The molecule has 0 bridgehead atoms. The molecule has 0 radical (unpaired) electrons. The molecule has 1 heterocycles. The lowest BCUT2D eigenvalue weighted by atomic mass is 10.0. The van der Waals surface area contributed by atoms with Crippen LogP contribution in [0.5, 0.6) is 0 Å². The van der Waals surface area contributed by atoms with Gasteiger partial charge in [0.05, 0.1) is 19.8 Å². The zero-order chi connectivity index (χ0) is 15.8. The average Bonchev–Trinajstić information content (AvgIpc) is 3.01. The van der Waals surface area contributed by atoms with Crippen LogP contribution in [0.25, 0.3) is 0 Å². The van der Waals surface area contributed by atoms with Crippen LogP contribution >= 0.6 is 0 Å². The maximum Gasteiger partial charge on any atom is 0.191 e. The summed E-state index contributed by atoms with van der Waals surface area (Å²) in [6.07, 6.45) is 5.25. The first-order chi connectivity index (χ1) is 10.7. The van der Waals surface area contributed by atoms with Crippen LogP contribution in [0, 0.1) is 5.92 Å². The van der Waals surface area contributed by atoms with E-state index in [1.54, 1.807) is 0 Å². The number of hydrogen-bond acceptors (Lipinski definition) is 3. The first-order valence-corrected chi connectivity index (χ1v) is 9.07. The fourth-order valence-electron chi connectivity index (χ4n) is 3.43.